The molecule has 0 saturated carbocycles. The Hall–Kier alpha value is -2.58. The molecule has 9 heteroatoms. The molecule has 0 unspecified atom stereocenters. The summed E-state index contributed by atoms with van der Waals surface area (Å²) in [5, 5.41) is 8.78. The predicted octanol–water partition coefficient (Wildman–Crippen LogP) is 4.48. The van der Waals surface area contributed by atoms with Gasteiger partial charge in [-0.25, -0.2) is 4.79 Å². The molecule has 0 radical (unpaired) electrons. The minimum absolute atomic E-state index is 0.000406. The van der Waals surface area contributed by atoms with E-state index >= 15 is 0 Å². The van der Waals surface area contributed by atoms with Crippen LogP contribution in [-0.2, 0) is 12.4 Å². The van der Waals surface area contributed by atoms with Crippen molar-refractivity contribution in [1.29, 1.82) is 0 Å². The first kappa shape index (κ1) is 16.8. The summed E-state index contributed by atoms with van der Waals surface area (Å²) in [4.78, 5) is 14.0. The van der Waals surface area contributed by atoms with Gasteiger partial charge in [-0.15, -0.1) is 0 Å². The molecule has 0 fully saturated rings. The van der Waals surface area contributed by atoms with E-state index in [1.54, 1.807) is 0 Å². The molecule has 1 heterocycles. The van der Waals surface area contributed by atoms with Crippen molar-refractivity contribution in [2.75, 3.05) is 0 Å². The third-order valence-corrected chi connectivity index (χ3v) is 2.94. The third kappa shape index (κ3) is 3.61. The second-order valence-electron chi connectivity index (χ2n) is 4.49. The van der Waals surface area contributed by atoms with Crippen LogP contribution in [0.25, 0.3) is 11.1 Å². The second kappa shape index (κ2) is 5.56. The summed E-state index contributed by atoms with van der Waals surface area (Å²) in [7, 11) is 0. The van der Waals surface area contributed by atoms with Crippen molar-refractivity contribution < 1.29 is 36.2 Å². The van der Waals surface area contributed by atoms with Gasteiger partial charge in [0.2, 0.25) is 0 Å². The fraction of sp³-hybridized carbons (Fsp3) is 0.143. The second-order valence-corrected chi connectivity index (χ2v) is 4.49. The monoisotopic (exact) mass is 335 g/mol. The van der Waals surface area contributed by atoms with Crippen LogP contribution in [0.15, 0.2) is 36.5 Å². The molecule has 1 aromatic heterocycles. The Morgan fingerprint density at radius 2 is 1.52 bits per heavy atom. The molecule has 0 amide bonds. The highest BCUT2D eigenvalue weighted by atomic mass is 19.4. The topological polar surface area (TPSA) is 50.2 Å². The van der Waals surface area contributed by atoms with Crippen LogP contribution >= 0.6 is 0 Å². The Labute approximate surface area is 125 Å². The van der Waals surface area contributed by atoms with E-state index in [-0.39, 0.29) is 11.1 Å². The van der Waals surface area contributed by atoms with E-state index in [1.165, 1.54) is 0 Å². The van der Waals surface area contributed by atoms with Gasteiger partial charge in [-0.2, -0.15) is 26.3 Å². The number of hydrogen-bond acceptors (Lipinski definition) is 2. The number of carboxylic acid groups (broad SMARTS) is 1. The molecular formula is C14H7F6NO2. The Bertz CT molecular complexity index is 734. The van der Waals surface area contributed by atoms with Crippen LogP contribution in [0.1, 0.15) is 21.6 Å². The fourth-order valence-corrected chi connectivity index (χ4v) is 1.88. The summed E-state index contributed by atoms with van der Waals surface area (Å²) < 4.78 is 75.9. The summed E-state index contributed by atoms with van der Waals surface area (Å²) in [6, 6.07) is 3.98. The molecule has 0 saturated heterocycles. The zero-order chi connectivity index (χ0) is 17.4. The normalized spacial score (nSPS) is 12.3. The van der Waals surface area contributed by atoms with Gasteiger partial charge >= 0.3 is 18.3 Å². The maximum absolute atomic E-state index is 12.9. The van der Waals surface area contributed by atoms with Gasteiger partial charge in [-0.05, 0) is 23.8 Å². The number of aromatic nitrogens is 1. The van der Waals surface area contributed by atoms with Crippen LogP contribution in [0.2, 0.25) is 0 Å². The van der Waals surface area contributed by atoms with Crippen molar-refractivity contribution in [1.82, 2.24) is 4.98 Å². The summed E-state index contributed by atoms with van der Waals surface area (Å²) in [5.74, 6) is -1.76. The van der Waals surface area contributed by atoms with Crippen LogP contribution in [0, 0.1) is 0 Å². The standard InChI is InChI=1S/C14H7F6NO2/c15-13(16,17)10-5-7(1-3-9(10)12(22)23)8-2-4-11(21-6-8)14(18,19)20/h1-6H,(H,22,23). The van der Waals surface area contributed by atoms with E-state index < -0.39 is 35.1 Å². The van der Waals surface area contributed by atoms with Gasteiger partial charge in [-0.3, -0.25) is 4.98 Å². The number of pyridine rings is 1. The van der Waals surface area contributed by atoms with Gasteiger partial charge in [0.25, 0.3) is 0 Å². The number of halogens is 6. The maximum atomic E-state index is 12.9. The molecule has 2 rings (SSSR count). The first-order valence-corrected chi connectivity index (χ1v) is 5.98. The van der Waals surface area contributed by atoms with Gasteiger partial charge in [-0.1, -0.05) is 12.1 Å². The van der Waals surface area contributed by atoms with E-state index in [0.29, 0.717) is 12.1 Å². The van der Waals surface area contributed by atoms with E-state index in [0.717, 1.165) is 24.4 Å². The third-order valence-electron chi connectivity index (χ3n) is 2.94. The summed E-state index contributed by atoms with van der Waals surface area (Å²) in [6.07, 6.45) is -8.80. The molecule has 3 nitrogen and oxygen atoms in total. The number of nitrogens with zero attached hydrogens (tertiary/aromatic N) is 1. The van der Waals surface area contributed by atoms with Crippen LogP contribution < -0.4 is 0 Å². The molecule has 0 bridgehead atoms. The minimum atomic E-state index is -4.91. The number of rotatable bonds is 2. The number of carbonyl (C=O) groups is 1. The summed E-state index contributed by atoms with van der Waals surface area (Å²) in [5.41, 5.74) is -3.60. The molecule has 0 spiro atoms. The molecule has 0 aliphatic rings. The average molecular weight is 335 g/mol. The Kier molecular flexibility index (Phi) is 4.06. The molecule has 1 N–H and O–H groups in total. The molecule has 2 aromatic rings. The lowest BCUT2D eigenvalue weighted by molar-refractivity contribution is -0.141. The fourth-order valence-electron chi connectivity index (χ4n) is 1.88. The number of benzene rings is 1. The highest BCUT2D eigenvalue weighted by Gasteiger charge is 2.36. The molecule has 122 valence electrons. The minimum Gasteiger partial charge on any atom is -0.478 e. The first-order valence-electron chi connectivity index (χ1n) is 5.98. The summed E-state index contributed by atoms with van der Waals surface area (Å²) >= 11 is 0. The number of carboxylic acids is 1. The highest BCUT2D eigenvalue weighted by molar-refractivity contribution is 5.90. The molecule has 0 aliphatic heterocycles. The van der Waals surface area contributed by atoms with Crippen molar-refractivity contribution in [2.45, 2.75) is 12.4 Å². The van der Waals surface area contributed by atoms with E-state index in [1.807, 2.05) is 0 Å². The van der Waals surface area contributed by atoms with Crippen LogP contribution in [0.4, 0.5) is 26.3 Å². The van der Waals surface area contributed by atoms with Gasteiger partial charge in [0.1, 0.15) is 5.69 Å². The smallest absolute Gasteiger partial charge is 0.433 e. The van der Waals surface area contributed by atoms with Crippen LogP contribution in [0.5, 0.6) is 0 Å². The largest absolute Gasteiger partial charge is 0.478 e. The quantitative estimate of drug-likeness (QED) is 0.823. The molecule has 1 aromatic carbocycles. The van der Waals surface area contributed by atoms with Crippen molar-refractivity contribution in [2.24, 2.45) is 0 Å². The zero-order valence-corrected chi connectivity index (χ0v) is 11.0. The lowest BCUT2D eigenvalue weighted by Crippen LogP contribution is -2.13. The Morgan fingerprint density at radius 1 is 0.913 bits per heavy atom. The van der Waals surface area contributed by atoms with Crippen LogP contribution in [0.3, 0.4) is 0 Å². The molecule has 0 atom stereocenters. The van der Waals surface area contributed by atoms with Gasteiger partial charge < -0.3 is 5.11 Å². The van der Waals surface area contributed by atoms with Gasteiger partial charge in [0, 0.05) is 11.8 Å². The molecular weight excluding hydrogens is 328 g/mol. The van der Waals surface area contributed by atoms with Crippen molar-refractivity contribution in [3.05, 3.63) is 53.3 Å². The number of aromatic carboxylic acids is 1. The van der Waals surface area contributed by atoms with Gasteiger partial charge in [0.15, 0.2) is 0 Å². The van der Waals surface area contributed by atoms with E-state index in [4.69, 9.17) is 5.11 Å². The van der Waals surface area contributed by atoms with Crippen molar-refractivity contribution in [3.63, 3.8) is 0 Å². The summed E-state index contributed by atoms with van der Waals surface area (Å²) in [6.45, 7) is 0. The lowest BCUT2D eigenvalue weighted by Gasteiger charge is -2.12. The van der Waals surface area contributed by atoms with E-state index in [9.17, 15) is 31.1 Å². The SMILES string of the molecule is O=C(O)c1ccc(-c2ccc(C(F)(F)F)nc2)cc1C(F)(F)F. The molecule has 0 aliphatic carbocycles. The molecule has 23 heavy (non-hydrogen) atoms. The van der Waals surface area contributed by atoms with Crippen molar-refractivity contribution in [3.8, 4) is 11.1 Å². The van der Waals surface area contributed by atoms with Crippen LogP contribution in [-0.4, -0.2) is 16.1 Å². The number of hydrogen-bond donors (Lipinski definition) is 1. The first-order chi connectivity index (χ1) is 10.5. The average Bonchev–Trinajstić information content (AvgIpc) is 2.45. The maximum Gasteiger partial charge on any atom is 0.433 e. The van der Waals surface area contributed by atoms with Gasteiger partial charge in [0.05, 0.1) is 11.1 Å². The zero-order valence-electron chi connectivity index (χ0n) is 11.0. The van der Waals surface area contributed by atoms with Crippen molar-refractivity contribution >= 4 is 5.97 Å². The Morgan fingerprint density at radius 3 is 1.96 bits per heavy atom. The van der Waals surface area contributed by atoms with E-state index in [2.05, 4.69) is 4.98 Å². The highest BCUT2D eigenvalue weighted by Crippen LogP contribution is 2.35. The lowest BCUT2D eigenvalue weighted by atomic mass is 9.99. The number of alkyl halides is 6. The predicted molar refractivity (Wildman–Crippen MR) is 66.6 cm³/mol. The Balaban J connectivity index is 2.51.